The zero-order chi connectivity index (χ0) is 24.6. The minimum absolute atomic E-state index is 0.238. The van der Waals surface area contributed by atoms with E-state index in [-0.39, 0.29) is 11.7 Å². The fraction of sp³-hybridized carbons (Fsp3) is 0.346. The van der Waals surface area contributed by atoms with Crippen molar-refractivity contribution in [2.75, 3.05) is 24.5 Å². The van der Waals surface area contributed by atoms with Crippen LogP contribution in [0.1, 0.15) is 17.7 Å². The van der Waals surface area contributed by atoms with Crippen molar-refractivity contribution < 1.29 is 4.39 Å². The van der Waals surface area contributed by atoms with Gasteiger partial charge in [-0.25, -0.2) is 14.4 Å². The van der Waals surface area contributed by atoms with Gasteiger partial charge in [0.2, 0.25) is 5.65 Å². The number of halogens is 1. The van der Waals surface area contributed by atoms with E-state index in [1.165, 1.54) is 6.07 Å². The minimum atomic E-state index is -0.403. The molecule has 0 radical (unpaired) electrons. The molecule has 3 N–H and O–H groups in total. The van der Waals surface area contributed by atoms with Crippen LogP contribution in [0.4, 0.5) is 10.2 Å². The van der Waals surface area contributed by atoms with Gasteiger partial charge in [0, 0.05) is 55.4 Å². The summed E-state index contributed by atoms with van der Waals surface area (Å²) in [7, 11) is 1.92. The Bertz CT molecular complexity index is 1640. The first-order chi connectivity index (χ1) is 17.5. The summed E-state index contributed by atoms with van der Waals surface area (Å²) in [5, 5.41) is 13.2. The third kappa shape index (κ3) is 2.87. The third-order valence-corrected chi connectivity index (χ3v) is 8.28. The first kappa shape index (κ1) is 21.4. The van der Waals surface area contributed by atoms with Gasteiger partial charge in [-0.3, -0.25) is 14.8 Å². The Morgan fingerprint density at radius 2 is 2.11 bits per heavy atom. The highest BCUT2D eigenvalue weighted by atomic mass is 19.1. The van der Waals surface area contributed by atoms with E-state index in [2.05, 4.69) is 32.1 Å². The second kappa shape index (κ2) is 7.54. The van der Waals surface area contributed by atoms with E-state index >= 15 is 0 Å². The van der Waals surface area contributed by atoms with E-state index in [0.29, 0.717) is 23.8 Å². The Balaban J connectivity index is 1.20. The molecule has 9 nitrogen and oxygen atoms in total. The number of pyridine rings is 1. The van der Waals surface area contributed by atoms with Crippen molar-refractivity contribution in [3.8, 4) is 11.3 Å². The summed E-state index contributed by atoms with van der Waals surface area (Å²) < 4.78 is 16.5. The highest BCUT2D eigenvalue weighted by Crippen LogP contribution is 2.63. The van der Waals surface area contributed by atoms with Gasteiger partial charge in [-0.05, 0) is 48.9 Å². The molecule has 5 aromatic rings. The first-order valence-corrected chi connectivity index (χ1v) is 12.2. The van der Waals surface area contributed by atoms with Crippen molar-refractivity contribution >= 4 is 27.9 Å². The highest BCUT2D eigenvalue weighted by molar-refractivity contribution is 5.94. The molecule has 0 unspecified atom stereocenters. The van der Waals surface area contributed by atoms with Crippen LogP contribution < -0.4 is 10.6 Å². The van der Waals surface area contributed by atoms with E-state index < -0.39 is 5.41 Å². The fourth-order valence-electron chi connectivity index (χ4n) is 6.41. The summed E-state index contributed by atoms with van der Waals surface area (Å²) in [4.78, 5) is 16.2. The molecule has 1 aliphatic heterocycles. The molecule has 2 aliphatic rings. The number of hydrogen-bond donors (Lipinski definition) is 2. The van der Waals surface area contributed by atoms with Crippen LogP contribution in [0.2, 0.25) is 0 Å². The number of benzene rings is 1. The molecule has 182 valence electrons. The van der Waals surface area contributed by atoms with E-state index in [0.717, 1.165) is 58.6 Å². The van der Waals surface area contributed by atoms with Gasteiger partial charge >= 0.3 is 0 Å². The maximum atomic E-state index is 14.6. The van der Waals surface area contributed by atoms with Gasteiger partial charge in [0.05, 0.1) is 23.1 Å². The van der Waals surface area contributed by atoms with Crippen molar-refractivity contribution in [3.63, 3.8) is 0 Å². The van der Waals surface area contributed by atoms with Crippen molar-refractivity contribution in [3.05, 3.63) is 59.9 Å². The van der Waals surface area contributed by atoms with E-state index in [1.807, 2.05) is 36.3 Å². The van der Waals surface area contributed by atoms with Crippen LogP contribution in [0.5, 0.6) is 0 Å². The number of nitrogens with zero attached hydrogens (tertiary/aromatic N) is 7. The SMILES string of the molecule is Cc1c(-c2[nH]nc3nc(N4CC[C@@H]5[C@H](C4)[C@@]5(CN)c4ncccc4F)cnc23)ccc2nn(C)cc12. The van der Waals surface area contributed by atoms with E-state index in [4.69, 9.17) is 15.7 Å². The molecule has 0 amide bonds. The molecule has 2 fully saturated rings. The molecule has 7 rings (SSSR count). The van der Waals surface area contributed by atoms with Crippen molar-refractivity contribution in [2.24, 2.45) is 24.6 Å². The molecule has 36 heavy (non-hydrogen) atoms. The van der Waals surface area contributed by atoms with E-state index in [1.54, 1.807) is 12.3 Å². The second-order valence-electron chi connectivity index (χ2n) is 10.00. The van der Waals surface area contributed by atoms with Crippen LogP contribution in [0.3, 0.4) is 0 Å². The smallest absolute Gasteiger partial charge is 0.202 e. The van der Waals surface area contributed by atoms with Gasteiger partial charge in [0.25, 0.3) is 0 Å². The number of piperidine rings is 1. The Morgan fingerprint density at radius 3 is 2.94 bits per heavy atom. The summed E-state index contributed by atoms with van der Waals surface area (Å²) in [5.74, 6) is 1.08. The molecule has 1 aliphatic carbocycles. The Hall–Kier alpha value is -3.92. The van der Waals surface area contributed by atoms with Crippen LogP contribution in [-0.2, 0) is 12.5 Å². The van der Waals surface area contributed by atoms with Gasteiger partial charge < -0.3 is 10.6 Å². The van der Waals surface area contributed by atoms with Gasteiger partial charge in [0.15, 0.2) is 0 Å². The minimum Gasteiger partial charge on any atom is -0.355 e. The molecule has 10 heteroatoms. The number of fused-ring (bicyclic) bond motifs is 3. The number of aromatic amines is 1. The summed E-state index contributed by atoms with van der Waals surface area (Å²) in [6.07, 6.45) is 6.40. The summed E-state index contributed by atoms with van der Waals surface area (Å²) in [5.41, 5.74) is 11.6. The number of hydrogen-bond acceptors (Lipinski definition) is 7. The Labute approximate surface area is 206 Å². The lowest BCUT2D eigenvalue weighted by molar-refractivity contribution is 0.517. The van der Waals surface area contributed by atoms with Gasteiger partial charge in [-0.2, -0.15) is 10.2 Å². The van der Waals surface area contributed by atoms with Crippen LogP contribution in [0.25, 0.3) is 33.3 Å². The average Bonchev–Trinajstić information content (AvgIpc) is 3.12. The Morgan fingerprint density at radius 1 is 1.22 bits per heavy atom. The highest BCUT2D eigenvalue weighted by Gasteiger charge is 2.67. The summed E-state index contributed by atoms with van der Waals surface area (Å²) in [6, 6.07) is 7.17. The van der Waals surface area contributed by atoms with Crippen LogP contribution >= 0.6 is 0 Å². The largest absolute Gasteiger partial charge is 0.355 e. The number of aromatic nitrogens is 7. The van der Waals surface area contributed by atoms with Crippen LogP contribution in [0, 0.1) is 24.6 Å². The summed E-state index contributed by atoms with van der Waals surface area (Å²) >= 11 is 0. The summed E-state index contributed by atoms with van der Waals surface area (Å²) in [6.45, 7) is 4.03. The van der Waals surface area contributed by atoms with Crippen molar-refractivity contribution in [2.45, 2.75) is 18.8 Å². The van der Waals surface area contributed by atoms with Crippen molar-refractivity contribution in [1.82, 2.24) is 34.9 Å². The first-order valence-electron chi connectivity index (χ1n) is 12.2. The molecular formula is C26H26FN9. The number of H-pyrrole nitrogens is 1. The molecule has 1 saturated heterocycles. The number of anilines is 1. The molecule has 1 aromatic carbocycles. The predicted molar refractivity (Wildman–Crippen MR) is 135 cm³/mol. The standard InChI is InChI=1S/C26H26FN9/c1-14-15(5-6-20-16(14)11-35(2)34-20)22-23-25(33-32-22)31-21(10-30-23)36-9-7-17-18(12-36)26(17,13-28)24-19(27)4-3-8-29-24/h3-6,8,10-11,17-18H,7,9,12-13,28H2,1-2H3,(H,31,32,33)/t17-,18+,26+/m1/s1. The predicted octanol–water partition coefficient (Wildman–Crippen LogP) is 3.10. The monoisotopic (exact) mass is 483 g/mol. The van der Waals surface area contributed by atoms with Gasteiger partial charge in [-0.1, -0.05) is 6.07 Å². The lowest BCUT2D eigenvalue weighted by atomic mass is 9.95. The van der Waals surface area contributed by atoms with Gasteiger partial charge in [-0.15, -0.1) is 0 Å². The van der Waals surface area contributed by atoms with Crippen LogP contribution in [0.15, 0.2) is 42.9 Å². The number of aryl methyl sites for hydroxylation is 2. The topological polar surface area (TPSA) is 114 Å². The maximum Gasteiger partial charge on any atom is 0.202 e. The lowest BCUT2D eigenvalue weighted by Crippen LogP contribution is -2.33. The molecular weight excluding hydrogens is 457 g/mol. The Kier molecular flexibility index (Phi) is 4.47. The molecule has 0 bridgehead atoms. The molecule has 5 heterocycles. The zero-order valence-electron chi connectivity index (χ0n) is 20.1. The van der Waals surface area contributed by atoms with Crippen LogP contribution in [-0.4, -0.2) is 54.6 Å². The normalized spacial score (nSPS) is 23.4. The van der Waals surface area contributed by atoms with Crippen molar-refractivity contribution in [1.29, 1.82) is 0 Å². The fourth-order valence-corrected chi connectivity index (χ4v) is 6.41. The molecule has 1 saturated carbocycles. The third-order valence-electron chi connectivity index (χ3n) is 8.28. The lowest BCUT2D eigenvalue weighted by Gasteiger charge is -2.26. The molecule has 4 aromatic heterocycles. The molecule has 0 spiro atoms. The average molecular weight is 484 g/mol. The number of rotatable bonds is 4. The number of nitrogens with one attached hydrogen (secondary N) is 1. The number of nitrogens with two attached hydrogens (primary N) is 1. The van der Waals surface area contributed by atoms with Gasteiger partial charge in [0.1, 0.15) is 17.2 Å². The second-order valence-corrected chi connectivity index (χ2v) is 10.00. The van der Waals surface area contributed by atoms with E-state index in [9.17, 15) is 4.39 Å². The maximum absolute atomic E-state index is 14.6. The molecule has 3 atom stereocenters. The zero-order valence-corrected chi connectivity index (χ0v) is 20.1. The quantitative estimate of drug-likeness (QED) is 0.404.